The summed E-state index contributed by atoms with van der Waals surface area (Å²) in [6.45, 7) is 5.38. The fraction of sp³-hybridized carbons (Fsp3) is 0.769. The molecule has 1 saturated heterocycles. The zero-order valence-electron chi connectivity index (χ0n) is 11.4. The maximum Gasteiger partial charge on any atom is 0.130 e. The van der Waals surface area contributed by atoms with Gasteiger partial charge in [0.25, 0.3) is 0 Å². The third-order valence-electron chi connectivity index (χ3n) is 3.59. The van der Waals surface area contributed by atoms with Crippen molar-refractivity contribution in [3.63, 3.8) is 0 Å². The molecule has 0 amide bonds. The topological polar surface area (TPSA) is 29.9 Å². The molecule has 0 spiro atoms. The molecule has 0 radical (unpaired) electrons. The molecule has 3 nitrogen and oxygen atoms in total. The molecule has 1 aliphatic heterocycles. The van der Waals surface area contributed by atoms with Gasteiger partial charge in [-0.3, -0.25) is 4.68 Å². The lowest BCUT2D eigenvalue weighted by atomic mass is 9.95. The molecular weight excluding hydrogens is 266 g/mol. The van der Waals surface area contributed by atoms with Gasteiger partial charge >= 0.3 is 0 Å². The number of hydrogen-bond acceptors (Lipinski definition) is 3. The van der Waals surface area contributed by atoms with Crippen molar-refractivity contribution in [1.82, 2.24) is 15.1 Å². The van der Waals surface area contributed by atoms with Crippen molar-refractivity contribution < 1.29 is 0 Å². The first-order chi connectivity index (χ1) is 8.63. The van der Waals surface area contributed by atoms with Gasteiger partial charge in [-0.25, -0.2) is 0 Å². The van der Waals surface area contributed by atoms with Gasteiger partial charge in [-0.2, -0.15) is 16.9 Å². The summed E-state index contributed by atoms with van der Waals surface area (Å²) in [5.41, 5.74) is 2.31. The Morgan fingerprint density at radius 3 is 2.89 bits per heavy atom. The molecule has 0 aromatic carbocycles. The van der Waals surface area contributed by atoms with Crippen LogP contribution in [-0.4, -0.2) is 33.9 Å². The maximum atomic E-state index is 6.32. The maximum absolute atomic E-state index is 6.32. The molecule has 2 unspecified atom stereocenters. The van der Waals surface area contributed by atoms with E-state index in [-0.39, 0.29) is 0 Å². The van der Waals surface area contributed by atoms with E-state index < -0.39 is 0 Å². The molecule has 2 rings (SSSR count). The van der Waals surface area contributed by atoms with E-state index in [1.54, 1.807) is 4.68 Å². The molecule has 18 heavy (non-hydrogen) atoms. The molecule has 2 atom stereocenters. The summed E-state index contributed by atoms with van der Waals surface area (Å²) in [4.78, 5) is 0. The fourth-order valence-corrected chi connectivity index (χ4v) is 4.21. The van der Waals surface area contributed by atoms with Gasteiger partial charge in [0.2, 0.25) is 0 Å². The van der Waals surface area contributed by atoms with Crippen LogP contribution in [0.25, 0.3) is 0 Å². The average molecular weight is 288 g/mol. The first kappa shape index (κ1) is 14.2. The zero-order chi connectivity index (χ0) is 13.1. The second kappa shape index (κ2) is 6.31. The lowest BCUT2D eigenvalue weighted by Gasteiger charge is -2.20. The molecule has 102 valence electrons. The van der Waals surface area contributed by atoms with E-state index in [9.17, 15) is 0 Å². The van der Waals surface area contributed by atoms with E-state index in [2.05, 4.69) is 24.3 Å². The van der Waals surface area contributed by atoms with Crippen molar-refractivity contribution in [1.29, 1.82) is 0 Å². The fourth-order valence-electron chi connectivity index (χ4n) is 2.52. The van der Waals surface area contributed by atoms with Crippen molar-refractivity contribution in [2.24, 2.45) is 13.0 Å². The summed E-state index contributed by atoms with van der Waals surface area (Å²) in [5, 5.41) is 8.86. The van der Waals surface area contributed by atoms with Gasteiger partial charge in [0.1, 0.15) is 5.15 Å². The molecule has 1 aromatic heterocycles. The van der Waals surface area contributed by atoms with Gasteiger partial charge in [-0.1, -0.05) is 18.5 Å². The molecule has 1 aliphatic rings. The quantitative estimate of drug-likeness (QED) is 0.903. The Labute approximate surface area is 119 Å². The Hall–Kier alpha value is -0.190. The van der Waals surface area contributed by atoms with E-state index >= 15 is 0 Å². The van der Waals surface area contributed by atoms with Crippen LogP contribution in [0.3, 0.4) is 0 Å². The number of aryl methyl sites for hydroxylation is 2. The SMILES string of the molecule is CCCNC1CSCC1Cc1c(C)nn(C)c1Cl. The summed E-state index contributed by atoms with van der Waals surface area (Å²) < 4.78 is 1.78. The lowest BCUT2D eigenvalue weighted by molar-refractivity contribution is 0.425. The average Bonchev–Trinajstić information content (AvgIpc) is 2.87. The molecule has 2 heterocycles. The predicted octanol–water partition coefficient (Wildman–Crippen LogP) is 2.66. The van der Waals surface area contributed by atoms with Crippen LogP contribution in [0.15, 0.2) is 0 Å². The largest absolute Gasteiger partial charge is 0.313 e. The van der Waals surface area contributed by atoms with Crippen LogP contribution in [0, 0.1) is 12.8 Å². The highest BCUT2D eigenvalue weighted by Gasteiger charge is 2.29. The van der Waals surface area contributed by atoms with Crippen LogP contribution >= 0.6 is 23.4 Å². The second-order valence-electron chi connectivity index (χ2n) is 5.04. The predicted molar refractivity (Wildman–Crippen MR) is 79.6 cm³/mol. The van der Waals surface area contributed by atoms with Gasteiger partial charge in [0, 0.05) is 24.4 Å². The number of nitrogens with zero attached hydrogens (tertiary/aromatic N) is 2. The van der Waals surface area contributed by atoms with E-state index in [1.165, 1.54) is 23.5 Å². The smallest absolute Gasteiger partial charge is 0.130 e. The normalized spacial score (nSPS) is 23.8. The van der Waals surface area contributed by atoms with Crippen LogP contribution in [0.4, 0.5) is 0 Å². The lowest BCUT2D eigenvalue weighted by Crippen LogP contribution is -2.36. The van der Waals surface area contributed by atoms with Gasteiger partial charge in [0.15, 0.2) is 0 Å². The summed E-state index contributed by atoms with van der Waals surface area (Å²) >= 11 is 8.36. The van der Waals surface area contributed by atoms with Gasteiger partial charge in [-0.05, 0) is 38.0 Å². The molecular formula is C13H22ClN3S. The monoisotopic (exact) mass is 287 g/mol. The third kappa shape index (κ3) is 3.03. The molecule has 0 bridgehead atoms. The van der Waals surface area contributed by atoms with E-state index in [4.69, 9.17) is 11.6 Å². The van der Waals surface area contributed by atoms with Crippen LogP contribution in [0.2, 0.25) is 5.15 Å². The minimum absolute atomic E-state index is 0.630. The molecule has 1 aromatic rings. The van der Waals surface area contributed by atoms with Gasteiger partial charge < -0.3 is 5.32 Å². The Balaban J connectivity index is 2.03. The first-order valence-corrected chi connectivity index (χ1v) is 8.15. The zero-order valence-corrected chi connectivity index (χ0v) is 12.9. The number of hydrogen-bond donors (Lipinski definition) is 1. The summed E-state index contributed by atoms with van der Waals surface area (Å²) in [5.74, 6) is 3.13. The standard InChI is InChI=1S/C13H22ClN3S/c1-4-5-15-12-8-18-7-10(12)6-11-9(2)16-17(3)13(11)14/h10,12,15H,4-8H2,1-3H3. The highest BCUT2D eigenvalue weighted by Crippen LogP contribution is 2.30. The van der Waals surface area contributed by atoms with Crippen LogP contribution in [-0.2, 0) is 13.5 Å². The Bertz CT molecular complexity index is 405. The number of thioether (sulfide) groups is 1. The Kier molecular flexibility index (Phi) is 4.98. The van der Waals surface area contributed by atoms with Crippen LogP contribution < -0.4 is 5.32 Å². The second-order valence-corrected chi connectivity index (χ2v) is 6.47. The van der Waals surface area contributed by atoms with Crippen molar-refractivity contribution in [2.45, 2.75) is 32.7 Å². The Morgan fingerprint density at radius 1 is 1.50 bits per heavy atom. The number of halogens is 1. The van der Waals surface area contributed by atoms with Gasteiger partial charge in [-0.15, -0.1) is 0 Å². The molecule has 1 N–H and O–H groups in total. The van der Waals surface area contributed by atoms with Crippen molar-refractivity contribution in [3.05, 3.63) is 16.4 Å². The summed E-state index contributed by atoms with van der Waals surface area (Å²) in [6.07, 6.45) is 2.24. The molecule has 0 saturated carbocycles. The highest BCUT2D eigenvalue weighted by atomic mass is 35.5. The van der Waals surface area contributed by atoms with Crippen molar-refractivity contribution >= 4 is 23.4 Å². The van der Waals surface area contributed by atoms with Crippen LogP contribution in [0.5, 0.6) is 0 Å². The minimum atomic E-state index is 0.630. The van der Waals surface area contributed by atoms with E-state index in [0.717, 1.165) is 23.8 Å². The summed E-state index contributed by atoms with van der Waals surface area (Å²) in [6, 6.07) is 0.630. The Morgan fingerprint density at radius 2 is 2.28 bits per heavy atom. The number of nitrogens with one attached hydrogen (secondary N) is 1. The van der Waals surface area contributed by atoms with Crippen molar-refractivity contribution in [3.8, 4) is 0 Å². The van der Waals surface area contributed by atoms with E-state index in [1.807, 2.05) is 18.8 Å². The summed E-state index contributed by atoms with van der Waals surface area (Å²) in [7, 11) is 1.91. The van der Waals surface area contributed by atoms with E-state index in [0.29, 0.717) is 12.0 Å². The molecule has 5 heteroatoms. The minimum Gasteiger partial charge on any atom is -0.313 e. The third-order valence-corrected chi connectivity index (χ3v) is 5.32. The number of rotatable bonds is 5. The van der Waals surface area contributed by atoms with Crippen molar-refractivity contribution in [2.75, 3.05) is 18.1 Å². The number of aromatic nitrogens is 2. The molecule has 0 aliphatic carbocycles. The first-order valence-electron chi connectivity index (χ1n) is 6.62. The van der Waals surface area contributed by atoms with Crippen LogP contribution in [0.1, 0.15) is 24.6 Å². The molecule has 1 fully saturated rings. The van der Waals surface area contributed by atoms with Gasteiger partial charge in [0.05, 0.1) is 5.69 Å². The highest BCUT2D eigenvalue weighted by molar-refractivity contribution is 7.99.